The fourth-order valence-electron chi connectivity index (χ4n) is 3.91. The number of anilines is 1. The number of piperazine rings is 1. The minimum absolute atomic E-state index is 0.0471. The zero-order chi connectivity index (χ0) is 22.9. The van der Waals surface area contributed by atoms with Gasteiger partial charge in [0, 0.05) is 58.1 Å². The molecule has 6 nitrogen and oxygen atoms in total. The van der Waals surface area contributed by atoms with Crippen molar-refractivity contribution in [2.75, 3.05) is 65.4 Å². The number of hydrogen-bond acceptors (Lipinski definition) is 5. The number of amides is 1. The fraction of sp³-hybridized carbons (Fsp3) is 0.500. The zero-order valence-corrected chi connectivity index (χ0v) is 20.0. The van der Waals surface area contributed by atoms with Crippen LogP contribution in [0.15, 0.2) is 48.5 Å². The lowest BCUT2D eigenvalue weighted by atomic mass is 10.0. The van der Waals surface area contributed by atoms with E-state index in [0.717, 1.165) is 44.8 Å². The summed E-state index contributed by atoms with van der Waals surface area (Å²) in [6.45, 7) is 7.51. The molecule has 6 heteroatoms. The quantitative estimate of drug-likeness (QED) is 0.574. The van der Waals surface area contributed by atoms with Gasteiger partial charge in [-0.25, -0.2) is 0 Å². The molecule has 0 radical (unpaired) electrons. The third-order valence-electron chi connectivity index (χ3n) is 6.11. The third kappa shape index (κ3) is 6.71. The number of nitrogens with zero attached hydrogens (tertiary/aromatic N) is 3. The normalized spacial score (nSPS) is 15.9. The Labute approximate surface area is 193 Å². The Bertz CT molecular complexity index is 828. The molecule has 2 aromatic rings. The lowest BCUT2D eigenvalue weighted by Gasteiger charge is -2.38. The summed E-state index contributed by atoms with van der Waals surface area (Å²) >= 11 is 0. The van der Waals surface area contributed by atoms with Crippen molar-refractivity contribution in [3.05, 3.63) is 59.7 Å². The summed E-state index contributed by atoms with van der Waals surface area (Å²) in [6, 6.07) is 16.3. The Morgan fingerprint density at radius 1 is 1.03 bits per heavy atom. The summed E-state index contributed by atoms with van der Waals surface area (Å²) in [4.78, 5) is 19.8. The molecule has 2 aromatic carbocycles. The van der Waals surface area contributed by atoms with Gasteiger partial charge in [0.15, 0.2) is 0 Å². The second-order valence-corrected chi connectivity index (χ2v) is 8.78. The Morgan fingerprint density at radius 3 is 2.28 bits per heavy atom. The number of unbranched alkanes of at least 4 members (excludes halogenated alkanes) is 1. The lowest BCUT2D eigenvalue weighted by Crippen LogP contribution is -2.48. The molecule has 0 aromatic heterocycles. The molecule has 1 heterocycles. The van der Waals surface area contributed by atoms with E-state index in [4.69, 9.17) is 4.74 Å². The molecule has 1 aliphatic rings. The number of rotatable bonds is 10. The van der Waals surface area contributed by atoms with Crippen LogP contribution in [0.25, 0.3) is 0 Å². The van der Waals surface area contributed by atoms with E-state index >= 15 is 0 Å². The van der Waals surface area contributed by atoms with Crippen LogP contribution in [0.5, 0.6) is 5.75 Å². The minimum Gasteiger partial charge on any atom is -0.494 e. The van der Waals surface area contributed by atoms with Crippen LogP contribution in [0, 0.1) is 0 Å². The smallest absolute Gasteiger partial charge is 0.251 e. The molecular formula is C26H38N4O2. The van der Waals surface area contributed by atoms with Gasteiger partial charge in [0.25, 0.3) is 5.91 Å². The van der Waals surface area contributed by atoms with E-state index in [2.05, 4.69) is 58.3 Å². The van der Waals surface area contributed by atoms with Crippen LogP contribution in [0.1, 0.15) is 41.7 Å². The van der Waals surface area contributed by atoms with E-state index < -0.39 is 0 Å². The second-order valence-electron chi connectivity index (χ2n) is 8.78. The monoisotopic (exact) mass is 438 g/mol. The molecular weight excluding hydrogens is 400 g/mol. The number of benzene rings is 2. The van der Waals surface area contributed by atoms with Gasteiger partial charge in [0.05, 0.1) is 12.6 Å². The van der Waals surface area contributed by atoms with Crippen molar-refractivity contribution in [2.24, 2.45) is 0 Å². The Kier molecular flexibility index (Phi) is 8.94. The standard InChI is InChI=1S/C26H38N4O2/c1-5-6-19-32-24-13-9-22(10-14-24)26(31)27-20-25(30-17-15-29(4)16-18-30)21-7-11-23(12-8-21)28(2)3/h7-14,25H,5-6,15-20H2,1-4H3,(H,27,31). The van der Waals surface area contributed by atoms with Crippen LogP contribution in [0.4, 0.5) is 5.69 Å². The van der Waals surface area contributed by atoms with Gasteiger partial charge in [-0.1, -0.05) is 25.5 Å². The summed E-state index contributed by atoms with van der Waals surface area (Å²) in [5.41, 5.74) is 3.07. The first-order valence-corrected chi connectivity index (χ1v) is 11.7. The number of nitrogens with one attached hydrogen (secondary N) is 1. The van der Waals surface area contributed by atoms with Crippen molar-refractivity contribution in [1.29, 1.82) is 0 Å². The second kappa shape index (κ2) is 11.9. The van der Waals surface area contributed by atoms with E-state index in [1.54, 1.807) is 0 Å². The molecule has 0 bridgehead atoms. The highest BCUT2D eigenvalue weighted by atomic mass is 16.5. The SMILES string of the molecule is CCCCOc1ccc(C(=O)NCC(c2ccc(N(C)C)cc2)N2CCN(C)CC2)cc1. The minimum atomic E-state index is -0.0471. The first kappa shape index (κ1) is 24.1. The Balaban J connectivity index is 1.65. The first-order chi connectivity index (χ1) is 15.5. The molecule has 1 amide bonds. The molecule has 1 atom stereocenters. The highest BCUT2D eigenvalue weighted by Gasteiger charge is 2.24. The third-order valence-corrected chi connectivity index (χ3v) is 6.11. The Hall–Kier alpha value is -2.57. The van der Waals surface area contributed by atoms with Crippen molar-refractivity contribution in [1.82, 2.24) is 15.1 Å². The molecule has 1 fully saturated rings. The number of carbonyl (C=O) groups is 1. The molecule has 1 unspecified atom stereocenters. The van der Waals surface area contributed by atoms with Gasteiger partial charge in [-0.05, 0) is 55.4 Å². The summed E-state index contributed by atoms with van der Waals surface area (Å²) in [6.07, 6.45) is 2.14. The fourth-order valence-corrected chi connectivity index (χ4v) is 3.91. The number of hydrogen-bond donors (Lipinski definition) is 1. The highest BCUT2D eigenvalue weighted by Crippen LogP contribution is 2.24. The highest BCUT2D eigenvalue weighted by molar-refractivity contribution is 5.94. The van der Waals surface area contributed by atoms with E-state index in [-0.39, 0.29) is 11.9 Å². The summed E-state index contributed by atoms with van der Waals surface area (Å²) < 4.78 is 5.71. The molecule has 174 valence electrons. The average Bonchev–Trinajstić information content (AvgIpc) is 2.81. The van der Waals surface area contributed by atoms with Crippen molar-refractivity contribution < 1.29 is 9.53 Å². The van der Waals surface area contributed by atoms with E-state index in [1.165, 1.54) is 11.3 Å². The molecule has 0 spiro atoms. The summed E-state index contributed by atoms with van der Waals surface area (Å²) in [5, 5.41) is 3.17. The molecule has 0 aliphatic carbocycles. The van der Waals surface area contributed by atoms with Gasteiger partial charge >= 0.3 is 0 Å². The topological polar surface area (TPSA) is 48.1 Å². The number of ether oxygens (including phenoxy) is 1. The van der Waals surface area contributed by atoms with Crippen molar-refractivity contribution in [2.45, 2.75) is 25.8 Å². The molecule has 1 saturated heterocycles. The molecule has 1 N–H and O–H groups in total. The van der Waals surface area contributed by atoms with Gasteiger partial charge < -0.3 is 19.9 Å². The van der Waals surface area contributed by atoms with Crippen LogP contribution in [0.3, 0.4) is 0 Å². The predicted molar refractivity (Wildman–Crippen MR) is 132 cm³/mol. The molecule has 0 saturated carbocycles. The lowest BCUT2D eigenvalue weighted by molar-refractivity contribution is 0.0886. The van der Waals surface area contributed by atoms with Crippen molar-refractivity contribution >= 4 is 11.6 Å². The van der Waals surface area contributed by atoms with Gasteiger partial charge in [-0.15, -0.1) is 0 Å². The van der Waals surface area contributed by atoms with Crippen LogP contribution < -0.4 is 15.0 Å². The molecule has 32 heavy (non-hydrogen) atoms. The maximum atomic E-state index is 12.8. The molecule has 3 rings (SSSR count). The number of carbonyl (C=O) groups excluding carboxylic acids is 1. The van der Waals surface area contributed by atoms with E-state index in [1.807, 2.05) is 38.4 Å². The van der Waals surface area contributed by atoms with Crippen LogP contribution in [0.2, 0.25) is 0 Å². The first-order valence-electron chi connectivity index (χ1n) is 11.7. The van der Waals surface area contributed by atoms with Crippen molar-refractivity contribution in [3.8, 4) is 5.75 Å². The average molecular weight is 439 g/mol. The van der Waals surface area contributed by atoms with Crippen LogP contribution >= 0.6 is 0 Å². The van der Waals surface area contributed by atoms with Gasteiger partial charge in [-0.2, -0.15) is 0 Å². The van der Waals surface area contributed by atoms with Gasteiger partial charge in [-0.3, -0.25) is 9.69 Å². The maximum absolute atomic E-state index is 12.8. The summed E-state index contributed by atoms with van der Waals surface area (Å²) in [5.74, 6) is 0.764. The van der Waals surface area contributed by atoms with Gasteiger partial charge in [0.1, 0.15) is 5.75 Å². The van der Waals surface area contributed by atoms with Crippen LogP contribution in [-0.4, -0.2) is 76.2 Å². The van der Waals surface area contributed by atoms with Crippen LogP contribution in [-0.2, 0) is 0 Å². The zero-order valence-electron chi connectivity index (χ0n) is 20.0. The largest absolute Gasteiger partial charge is 0.494 e. The van der Waals surface area contributed by atoms with E-state index in [9.17, 15) is 4.79 Å². The number of likely N-dealkylation sites (N-methyl/N-ethyl adjacent to an activating group) is 1. The molecule has 1 aliphatic heterocycles. The van der Waals surface area contributed by atoms with E-state index in [0.29, 0.717) is 18.7 Å². The maximum Gasteiger partial charge on any atom is 0.251 e. The Morgan fingerprint density at radius 2 is 1.69 bits per heavy atom. The summed E-state index contributed by atoms with van der Waals surface area (Å²) in [7, 11) is 6.26. The van der Waals surface area contributed by atoms with Crippen molar-refractivity contribution in [3.63, 3.8) is 0 Å². The predicted octanol–water partition coefficient (Wildman–Crippen LogP) is 3.65. The van der Waals surface area contributed by atoms with Gasteiger partial charge in [0.2, 0.25) is 0 Å².